The number of benzene rings is 1. The number of hydrogen-bond acceptors (Lipinski definition) is 3. The number of nitrogens with zero attached hydrogens (tertiary/aromatic N) is 2. The van der Waals surface area contributed by atoms with E-state index in [0.717, 1.165) is 0 Å². The predicted octanol–water partition coefficient (Wildman–Crippen LogP) is 1.46. The second kappa shape index (κ2) is 8.11. The topological polar surface area (TPSA) is 87.8 Å². The van der Waals surface area contributed by atoms with Crippen molar-refractivity contribution in [2.45, 2.75) is 13.8 Å². The van der Waals surface area contributed by atoms with E-state index in [1.54, 1.807) is 24.3 Å². The number of imide groups is 1. The highest BCUT2D eigenvalue weighted by Crippen LogP contribution is 2.21. The number of fused-ring (bicyclic) bond motifs is 1. The monoisotopic (exact) mass is 416 g/mol. The molecule has 0 atom stereocenters. The minimum absolute atomic E-state index is 0. The number of carbonyl (C=O) groups excluding carboxylic acids is 2. The Morgan fingerprint density at radius 3 is 2.27 bits per heavy atom. The number of nitrogens with one attached hydrogen (secondary N) is 1. The van der Waals surface area contributed by atoms with Gasteiger partial charge in [0, 0.05) is 19.6 Å². The maximum Gasteiger partial charge on any atom is 0.261 e. The van der Waals surface area contributed by atoms with E-state index in [1.807, 2.05) is 0 Å². The molecule has 6 nitrogen and oxygen atoms in total. The first kappa shape index (κ1) is 18.4. The Hall–Kier alpha value is -1.64. The van der Waals surface area contributed by atoms with E-state index in [2.05, 4.69) is 24.2 Å². The van der Waals surface area contributed by atoms with Crippen molar-refractivity contribution in [2.24, 2.45) is 16.6 Å². The summed E-state index contributed by atoms with van der Waals surface area (Å²) in [6.45, 7) is 5.40. The van der Waals surface area contributed by atoms with E-state index in [9.17, 15) is 9.59 Å². The Bertz CT molecular complexity index is 552. The molecule has 0 spiro atoms. The molecule has 0 bridgehead atoms. The van der Waals surface area contributed by atoms with Gasteiger partial charge in [0.25, 0.3) is 11.8 Å². The van der Waals surface area contributed by atoms with Crippen LogP contribution < -0.4 is 11.1 Å². The molecule has 1 aliphatic heterocycles. The third kappa shape index (κ3) is 4.19. The second-order valence-electron chi connectivity index (χ2n) is 5.35. The van der Waals surface area contributed by atoms with Crippen LogP contribution in [0.4, 0.5) is 0 Å². The molecule has 3 N–H and O–H groups in total. The third-order valence-electron chi connectivity index (χ3n) is 3.15. The molecule has 0 saturated carbocycles. The van der Waals surface area contributed by atoms with Crippen LogP contribution in [0.3, 0.4) is 0 Å². The molecule has 2 amide bonds. The zero-order valence-electron chi connectivity index (χ0n) is 12.7. The van der Waals surface area contributed by atoms with Crippen LogP contribution >= 0.6 is 24.0 Å². The molecular weight excluding hydrogens is 395 g/mol. The lowest BCUT2D eigenvalue weighted by molar-refractivity contribution is 0.0657. The van der Waals surface area contributed by atoms with Crippen molar-refractivity contribution in [3.05, 3.63) is 35.4 Å². The van der Waals surface area contributed by atoms with Gasteiger partial charge in [0.05, 0.1) is 11.1 Å². The van der Waals surface area contributed by atoms with Crippen molar-refractivity contribution in [2.75, 3.05) is 19.6 Å². The standard InChI is InChI=1S/C15H20N4O2.HI/c1-10(2)9-18-15(16)17-7-8-19-13(20)11-5-3-4-6-12(11)14(19)21;/h3-6,10H,7-9H2,1-2H3,(H3,16,17,18);1H. The fourth-order valence-electron chi connectivity index (χ4n) is 2.07. The molecule has 0 aliphatic carbocycles. The Kier molecular flexibility index (Phi) is 6.79. The van der Waals surface area contributed by atoms with Crippen molar-refractivity contribution in [1.29, 1.82) is 0 Å². The molecule has 0 unspecified atom stereocenters. The predicted molar refractivity (Wildman–Crippen MR) is 96.6 cm³/mol. The molecule has 0 fully saturated rings. The number of carbonyl (C=O) groups is 2. The molecule has 1 aromatic rings. The number of hydrogen-bond donors (Lipinski definition) is 2. The number of amides is 2. The van der Waals surface area contributed by atoms with E-state index >= 15 is 0 Å². The summed E-state index contributed by atoms with van der Waals surface area (Å²) in [5.41, 5.74) is 6.63. The molecule has 22 heavy (non-hydrogen) atoms. The summed E-state index contributed by atoms with van der Waals surface area (Å²) in [6.07, 6.45) is 0. The summed E-state index contributed by atoms with van der Waals surface area (Å²) in [5.74, 6) is 0.257. The highest BCUT2D eigenvalue weighted by Gasteiger charge is 2.34. The van der Waals surface area contributed by atoms with Crippen LogP contribution in [0.5, 0.6) is 0 Å². The first-order valence-electron chi connectivity index (χ1n) is 6.99. The smallest absolute Gasteiger partial charge is 0.261 e. The first-order chi connectivity index (χ1) is 10.0. The Morgan fingerprint density at radius 2 is 1.77 bits per heavy atom. The fraction of sp³-hybridized carbons (Fsp3) is 0.400. The molecule has 1 aromatic carbocycles. The van der Waals surface area contributed by atoms with Crippen LogP contribution in [-0.4, -0.2) is 42.3 Å². The van der Waals surface area contributed by atoms with Gasteiger partial charge in [0.1, 0.15) is 0 Å². The van der Waals surface area contributed by atoms with Crippen LogP contribution in [0.25, 0.3) is 0 Å². The zero-order valence-corrected chi connectivity index (χ0v) is 15.0. The summed E-state index contributed by atoms with van der Waals surface area (Å²) in [4.78, 5) is 29.6. The van der Waals surface area contributed by atoms with Gasteiger partial charge in [-0.1, -0.05) is 26.0 Å². The van der Waals surface area contributed by atoms with Crippen LogP contribution in [0.1, 0.15) is 34.6 Å². The van der Waals surface area contributed by atoms with Crippen molar-refractivity contribution in [3.63, 3.8) is 0 Å². The summed E-state index contributed by atoms with van der Waals surface area (Å²) in [6, 6.07) is 6.84. The number of halogens is 1. The lowest BCUT2D eigenvalue weighted by Gasteiger charge is -2.14. The van der Waals surface area contributed by atoms with Crippen molar-refractivity contribution < 1.29 is 9.59 Å². The quantitative estimate of drug-likeness (QED) is 0.329. The van der Waals surface area contributed by atoms with Gasteiger partial charge < -0.3 is 11.1 Å². The fourth-order valence-corrected chi connectivity index (χ4v) is 2.07. The molecule has 7 heteroatoms. The number of rotatable bonds is 5. The molecule has 0 saturated heterocycles. The average molecular weight is 416 g/mol. The molecular formula is C15H21IN4O2. The molecule has 0 radical (unpaired) electrons. The largest absolute Gasteiger partial charge is 0.370 e. The minimum atomic E-state index is -0.255. The molecule has 2 rings (SSSR count). The van der Waals surface area contributed by atoms with Gasteiger partial charge in [0.2, 0.25) is 0 Å². The van der Waals surface area contributed by atoms with Gasteiger partial charge in [0.15, 0.2) is 5.96 Å². The Balaban J connectivity index is 0.00000242. The lowest BCUT2D eigenvalue weighted by atomic mass is 10.1. The van der Waals surface area contributed by atoms with Gasteiger partial charge in [-0.2, -0.15) is 0 Å². The second-order valence-corrected chi connectivity index (χ2v) is 5.35. The highest BCUT2D eigenvalue weighted by atomic mass is 127. The van der Waals surface area contributed by atoms with Gasteiger partial charge in [-0.3, -0.25) is 19.5 Å². The lowest BCUT2D eigenvalue weighted by Crippen LogP contribution is -2.40. The maximum absolute atomic E-state index is 12.1. The molecule has 1 heterocycles. The normalized spacial score (nSPS) is 14.1. The van der Waals surface area contributed by atoms with Gasteiger partial charge in [-0.25, -0.2) is 0 Å². The summed E-state index contributed by atoms with van der Waals surface area (Å²) in [5, 5.41) is 2.91. The van der Waals surface area contributed by atoms with Crippen molar-refractivity contribution >= 4 is 41.8 Å². The van der Waals surface area contributed by atoms with Gasteiger partial charge >= 0.3 is 0 Å². The number of nitrogens with two attached hydrogens (primary N) is 1. The SMILES string of the molecule is CC(C)CN=C(N)NCCN1C(=O)c2ccccc2C1=O.I. The van der Waals surface area contributed by atoms with Crippen molar-refractivity contribution in [3.8, 4) is 0 Å². The third-order valence-corrected chi connectivity index (χ3v) is 3.15. The number of aliphatic imine (C=N–C) groups is 1. The number of guanidine groups is 1. The summed E-state index contributed by atoms with van der Waals surface area (Å²) < 4.78 is 0. The first-order valence-corrected chi connectivity index (χ1v) is 6.99. The van der Waals surface area contributed by atoms with Crippen LogP contribution in [0.2, 0.25) is 0 Å². The molecule has 1 aliphatic rings. The Morgan fingerprint density at radius 1 is 1.23 bits per heavy atom. The zero-order chi connectivity index (χ0) is 15.4. The van der Waals surface area contributed by atoms with E-state index in [1.165, 1.54) is 4.90 Å². The Labute approximate surface area is 147 Å². The van der Waals surface area contributed by atoms with E-state index in [-0.39, 0.29) is 42.3 Å². The molecule has 120 valence electrons. The van der Waals surface area contributed by atoms with Crippen LogP contribution in [0.15, 0.2) is 29.3 Å². The highest BCUT2D eigenvalue weighted by molar-refractivity contribution is 14.0. The van der Waals surface area contributed by atoms with Crippen LogP contribution in [0, 0.1) is 5.92 Å². The van der Waals surface area contributed by atoms with Crippen LogP contribution in [-0.2, 0) is 0 Å². The summed E-state index contributed by atoms with van der Waals surface area (Å²) in [7, 11) is 0. The average Bonchev–Trinajstić information content (AvgIpc) is 2.70. The van der Waals surface area contributed by atoms with Gasteiger partial charge in [-0.15, -0.1) is 24.0 Å². The van der Waals surface area contributed by atoms with E-state index in [4.69, 9.17) is 5.73 Å². The van der Waals surface area contributed by atoms with Gasteiger partial charge in [-0.05, 0) is 18.1 Å². The maximum atomic E-state index is 12.1. The van der Waals surface area contributed by atoms with E-state index in [0.29, 0.717) is 36.1 Å². The summed E-state index contributed by atoms with van der Waals surface area (Å²) >= 11 is 0. The van der Waals surface area contributed by atoms with E-state index < -0.39 is 0 Å². The minimum Gasteiger partial charge on any atom is -0.370 e. The molecule has 0 aromatic heterocycles. The van der Waals surface area contributed by atoms with Crippen molar-refractivity contribution in [1.82, 2.24) is 10.2 Å².